The minimum absolute atomic E-state index is 0.718. The van der Waals surface area contributed by atoms with Crippen molar-refractivity contribution in [2.75, 3.05) is 0 Å². The van der Waals surface area contributed by atoms with Gasteiger partial charge < -0.3 is 0 Å². The normalized spacial score (nSPS) is 9.60. The van der Waals surface area contributed by atoms with E-state index in [9.17, 15) is 0 Å². The van der Waals surface area contributed by atoms with Gasteiger partial charge in [0.1, 0.15) is 0 Å². The van der Waals surface area contributed by atoms with Crippen LogP contribution in [-0.2, 0) is 0 Å². The monoisotopic (exact) mass is 154 g/mol. The molecular weight excluding hydrogens is 148 g/mol. The van der Waals surface area contributed by atoms with Gasteiger partial charge in [-0.05, 0) is 14.8 Å². The van der Waals surface area contributed by atoms with E-state index in [-0.39, 0.29) is 0 Å². The minimum atomic E-state index is 0.718. The zero-order valence-corrected chi connectivity index (χ0v) is 5.77. The molecule has 0 fully saturated rings. The maximum atomic E-state index is 3.23. The molecule has 0 rings (SSSR count). The van der Waals surface area contributed by atoms with Crippen LogP contribution in [0.25, 0.3) is 0 Å². The third kappa shape index (κ3) is 4.83. The topological polar surface area (TPSA) is 0 Å². The fraction of sp³-hybridized carbons (Fsp3) is 1.00. The standard InChI is InChI=1S/C3H7BrS/c1-3(2)5-4/h3H,1-2H3. The van der Waals surface area contributed by atoms with Gasteiger partial charge in [-0.2, -0.15) is 0 Å². The molecule has 0 atom stereocenters. The lowest BCUT2D eigenvalue weighted by atomic mass is 10.6. The summed E-state index contributed by atoms with van der Waals surface area (Å²) < 4.78 is 0. The molecule has 0 bridgehead atoms. The molecule has 0 unspecified atom stereocenters. The molecule has 0 nitrogen and oxygen atoms in total. The molecular formula is C3H7BrS. The summed E-state index contributed by atoms with van der Waals surface area (Å²) in [5.74, 6) is 0. The summed E-state index contributed by atoms with van der Waals surface area (Å²) in [5.41, 5.74) is 0. The van der Waals surface area contributed by atoms with Gasteiger partial charge in [0.05, 0.1) is 0 Å². The van der Waals surface area contributed by atoms with Crippen LogP contribution in [0.4, 0.5) is 0 Å². The van der Waals surface area contributed by atoms with Crippen LogP contribution in [0.3, 0.4) is 0 Å². The molecule has 0 heterocycles. The first-order valence-electron chi connectivity index (χ1n) is 1.54. The molecule has 0 N–H and O–H groups in total. The molecule has 32 valence electrons. The average Bonchev–Trinajstić information content (AvgIpc) is 1.38. The van der Waals surface area contributed by atoms with E-state index in [1.54, 1.807) is 10.2 Å². The van der Waals surface area contributed by atoms with Crippen molar-refractivity contribution in [2.24, 2.45) is 0 Å². The highest BCUT2D eigenvalue weighted by molar-refractivity contribution is 9.50. The lowest BCUT2D eigenvalue weighted by Gasteiger charge is -1.88. The summed E-state index contributed by atoms with van der Waals surface area (Å²) in [6, 6.07) is 0. The van der Waals surface area contributed by atoms with E-state index in [2.05, 4.69) is 28.7 Å². The van der Waals surface area contributed by atoms with Crippen molar-refractivity contribution in [3.05, 3.63) is 0 Å². The van der Waals surface area contributed by atoms with Crippen molar-refractivity contribution in [3.8, 4) is 0 Å². The zero-order valence-electron chi connectivity index (χ0n) is 3.36. The highest BCUT2D eigenvalue weighted by Crippen LogP contribution is 2.15. The van der Waals surface area contributed by atoms with Gasteiger partial charge in [-0.25, -0.2) is 0 Å². The van der Waals surface area contributed by atoms with E-state index in [0.717, 1.165) is 5.25 Å². The van der Waals surface area contributed by atoms with E-state index < -0.39 is 0 Å². The smallest absolute Gasteiger partial charge is 0.0100 e. The maximum absolute atomic E-state index is 3.23. The molecule has 0 spiro atoms. The first-order valence-corrected chi connectivity index (χ1v) is 4.27. The van der Waals surface area contributed by atoms with Gasteiger partial charge in [0.15, 0.2) is 0 Å². The Morgan fingerprint density at radius 1 is 1.60 bits per heavy atom. The summed E-state index contributed by atoms with van der Waals surface area (Å²) in [4.78, 5) is 0. The fourth-order valence-electron chi connectivity index (χ4n) is 0. The van der Waals surface area contributed by atoms with E-state index in [1.807, 2.05) is 0 Å². The predicted octanol–water partition coefficient (Wildman–Crippen LogP) is 2.44. The second kappa shape index (κ2) is 3.04. The Morgan fingerprint density at radius 2 is 1.80 bits per heavy atom. The Balaban J connectivity index is 2.54. The summed E-state index contributed by atoms with van der Waals surface area (Å²) in [6.45, 7) is 4.28. The predicted molar refractivity (Wildman–Crippen MR) is 31.7 cm³/mol. The average molecular weight is 155 g/mol. The second-order valence-corrected chi connectivity index (χ2v) is 3.38. The highest BCUT2D eigenvalue weighted by Gasteiger charge is 1.82. The Bertz CT molecular complexity index is 20.9. The Labute approximate surface area is 44.5 Å². The molecule has 0 aromatic rings. The number of hydrogen-bond acceptors (Lipinski definition) is 1. The Morgan fingerprint density at radius 3 is 1.80 bits per heavy atom. The van der Waals surface area contributed by atoms with Gasteiger partial charge in [-0.1, -0.05) is 24.0 Å². The first-order chi connectivity index (χ1) is 2.27. The summed E-state index contributed by atoms with van der Waals surface area (Å²) >= 11 is 3.23. The molecule has 0 aromatic heterocycles. The SMILES string of the molecule is CC(C)SBr. The van der Waals surface area contributed by atoms with E-state index >= 15 is 0 Å². The third-order valence-corrected chi connectivity index (χ3v) is 2.78. The summed E-state index contributed by atoms with van der Waals surface area (Å²) in [5, 5.41) is 0.718. The molecule has 2 heteroatoms. The number of halogens is 1. The van der Waals surface area contributed by atoms with E-state index in [0.29, 0.717) is 0 Å². The van der Waals surface area contributed by atoms with Crippen LogP contribution >= 0.6 is 25.0 Å². The van der Waals surface area contributed by atoms with Crippen LogP contribution in [0.5, 0.6) is 0 Å². The van der Waals surface area contributed by atoms with Crippen LogP contribution in [0.2, 0.25) is 0 Å². The summed E-state index contributed by atoms with van der Waals surface area (Å²) in [6.07, 6.45) is 0. The van der Waals surface area contributed by atoms with Crippen LogP contribution in [-0.4, -0.2) is 5.25 Å². The molecule has 0 aliphatic heterocycles. The quantitative estimate of drug-likeness (QED) is 0.560. The molecule has 0 radical (unpaired) electrons. The van der Waals surface area contributed by atoms with Crippen molar-refractivity contribution in [3.63, 3.8) is 0 Å². The van der Waals surface area contributed by atoms with Crippen LogP contribution < -0.4 is 0 Å². The Hall–Kier alpha value is 0.830. The zero-order chi connectivity index (χ0) is 4.28. The maximum Gasteiger partial charge on any atom is 0.0100 e. The van der Waals surface area contributed by atoms with Crippen molar-refractivity contribution < 1.29 is 0 Å². The number of hydrogen-bond donors (Lipinski definition) is 0. The van der Waals surface area contributed by atoms with Gasteiger partial charge in [0.2, 0.25) is 0 Å². The van der Waals surface area contributed by atoms with Crippen molar-refractivity contribution >= 4 is 25.0 Å². The largest absolute Gasteiger partial charge is 0.0807 e. The van der Waals surface area contributed by atoms with Crippen molar-refractivity contribution in [1.29, 1.82) is 0 Å². The van der Waals surface area contributed by atoms with E-state index in [4.69, 9.17) is 0 Å². The Kier molecular flexibility index (Phi) is 3.54. The van der Waals surface area contributed by atoms with E-state index in [1.165, 1.54) is 0 Å². The van der Waals surface area contributed by atoms with Crippen molar-refractivity contribution in [2.45, 2.75) is 19.1 Å². The van der Waals surface area contributed by atoms with Gasteiger partial charge in [0.25, 0.3) is 0 Å². The third-order valence-electron chi connectivity index (χ3n) is 0.178. The second-order valence-electron chi connectivity index (χ2n) is 1.14. The molecule has 0 aliphatic rings. The molecule has 0 amide bonds. The molecule has 0 aliphatic carbocycles. The van der Waals surface area contributed by atoms with Crippen molar-refractivity contribution in [1.82, 2.24) is 0 Å². The van der Waals surface area contributed by atoms with Crippen LogP contribution in [0.15, 0.2) is 0 Å². The number of rotatable bonds is 1. The first kappa shape index (κ1) is 5.83. The fourth-order valence-corrected chi connectivity index (χ4v) is 0. The lowest BCUT2D eigenvalue weighted by molar-refractivity contribution is 1.12. The molecule has 0 saturated carbocycles. The lowest BCUT2D eigenvalue weighted by Crippen LogP contribution is -1.75. The van der Waals surface area contributed by atoms with Crippen LogP contribution in [0.1, 0.15) is 13.8 Å². The minimum Gasteiger partial charge on any atom is -0.0807 e. The molecule has 5 heavy (non-hydrogen) atoms. The summed E-state index contributed by atoms with van der Waals surface area (Å²) in [7, 11) is 1.69. The van der Waals surface area contributed by atoms with Gasteiger partial charge in [-0.15, -0.1) is 0 Å². The van der Waals surface area contributed by atoms with Gasteiger partial charge in [-0.3, -0.25) is 0 Å². The molecule has 0 aromatic carbocycles. The van der Waals surface area contributed by atoms with Gasteiger partial charge in [0, 0.05) is 5.25 Å². The van der Waals surface area contributed by atoms with Crippen LogP contribution in [0, 0.1) is 0 Å². The van der Waals surface area contributed by atoms with Gasteiger partial charge >= 0.3 is 0 Å². The molecule has 0 saturated heterocycles. The highest BCUT2D eigenvalue weighted by atomic mass is 79.9.